The van der Waals surface area contributed by atoms with Crippen molar-refractivity contribution >= 4 is 17.1 Å². The molecule has 0 bridgehead atoms. The highest BCUT2D eigenvalue weighted by molar-refractivity contribution is 7.10. The summed E-state index contributed by atoms with van der Waals surface area (Å²) in [5.41, 5.74) is 1.98. The van der Waals surface area contributed by atoms with Crippen LogP contribution in [-0.4, -0.2) is 10.8 Å². The van der Waals surface area contributed by atoms with E-state index in [1.807, 2.05) is 12.1 Å². The van der Waals surface area contributed by atoms with Crippen LogP contribution >= 0.6 is 11.3 Å². The zero-order valence-electron chi connectivity index (χ0n) is 9.43. The fourth-order valence-corrected chi connectivity index (χ4v) is 3.46. The zero-order valence-corrected chi connectivity index (χ0v) is 10.2. The molecular weight excluding hydrogens is 230 g/mol. The van der Waals surface area contributed by atoms with E-state index < -0.39 is 0 Å². The summed E-state index contributed by atoms with van der Waals surface area (Å²) in [6.45, 7) is 0. The van der Waals surface area contributed by atoms with Crippen LogP contribution in [0.15, 0.2) is 36.0 Å². The summed E-state index contributed by atoms with van der Waals surface area (Å²) in [4.78, 5) is 17.8. The lowest BCUT2D eigenvalue weighted by Crippen LogP contribution is -2.17. The van der Waals surface area contributed by atoms with Crippen molar-refractivity contribution < 1.29 is 4.79 Å². The van der Waals surface area contributed by atoms with Gasteiger partial charge in [-0.2, -0.15) is 0 Å². The standard InChI is InChI=1S/C14H13NOS/c16-14(10-3-2-7-15-9-10)12-4-1-5-13-11(12)6-8-17-13/h2-3,6-9,12H,1,4-5H2. The number of aromatic nitrogens is 1. The number of thiophene rings is 1. The number of rotatable bonds is 2. The van der Waals surface area contributed by atoms with E-state index in [9.17, 15) is 4.79 Å². The van der Waals surface area contributed by atoms with E-state index in [4.69, 9.17) is 0 Å². The van der Waals surface area contributed by atoms with Gasteiger partial charge in [0.15, 0.2) is 5.78 Å². The van der Waals surface area contributed by atoms with Crippen molar-refractivity contribution in [2.75, 3.05) is 0 Å². The number of carbonyl (C=O) groups excluding carboxylic acids is 1. The highest BCUT2D eigenvalue weighted by Gasteiger charge is 2.27. The van der Waals surface area contributed by atoms with Gasteiger partial charge >= 0.3 is 0 Å². The van der Waals surface area contributed by atoms with Crippen LogP contribution in [-0.2, 0) is 6.42 Å². The molecule has 0 saturated heterocycles. The number of pyridine rings is 1. The minimum absolute atomic E-state index is 0.0502. The third kappa shape index (κ3) is 1.91. The lowest BCUT2D eigenvalue weighted by Gasteiger charge is -2.21. The molecule has 0 radical (unpaired) electrons. The first-order valence-corrected chi connectivity index (χ1v) is 6.75. The monoisotopic (exact) mass is 243 g/mol. The van der Waals surface area contributed by atoms with Crippen LogP contribution in [0.1, 0.15) is 39.6 Å². The summed E-state index contributed by atoms with van der Waals surface area (Å²) >= 11 is 1.77. The number of ketones is 1. The fourth-order valence-electron chi connectivity index (χ4n) is 2.47. The zero-order chi connectivity index (χ0) is 11.7. The van der Waals surface area contributed by atoms with Gasteiger partial charge in [-0.1, -0.05) is 0 Å². The molecule has 3 heteroatoms. The molecule has 17 heavy (non-hydrogen) atoms. The van der Waals surface area contributed by atoms with Crippen molar-refractivity contribution in [3.8, 4) is 0 Å². The summed E-state index contributed by atoms with van der Waals surface area (Å²) in [5, 5.41) is 2.10. The Bertz CT molecular complexity index is 532. The molecule has 86 valence electrons. The van der Waals surface area contributed by atoms with Crippen LogP contribution in [0.25, 0.3) is 0 Å². The van der Waals surface area contributed by atoms with Gasteiger partial charge in [0.05, 0.1) is 0 Å². The molecule has 2 heterocycles. The minimum atomic E-state index is 0.0502. The van der Waals surface area contributed by atoms with Gasteiger partial charge in [0.25, 0.3) is 0 Å². The number of Topliss-reactive ketones (excluding diaryl/α,β-unsaturated/α-hetero) is 1. The predicted molar refractivity (Wildman–Crippen MR) is 68.6 cm³/mol. The Kier molecular flexibility index (Phi) is 2.77. The second kappa shape index (κ2) is 4.41. The van der Waals surface area contributed by atoms with Gasteiger partial charge in [0, 0.05) is 28.8 Å². The summed E-state index contributed by atoms with van der Waals surface area (Å²) in [7, 11) is 0. The number of carbonyl (C=O) groups is 1. The van der Waals surface area contributed by atoms with E-state index >= 15 is 0 Å². The Balaban J connectivity index is 1.95. The quantitative estimate of drug-likeness (QED) is 0.756. The largest absolute Gasteiger partial charge is 0.293 e. The summed E-state index contributed by atoms with van der Waals surface area (Å²) in [6.07, 6.45) is 6.59. The average Bonchev–Trinajstić information content (AvgIpc) is 2.87. The normalized spacial score (nSPS) is 18.7. The number of fused-ring (bicyclic) bond motifs is 1. The SMILES string of the molecule is O=C(c1cccnc1)C1CCCc2sccc21. The third-order valence-corrected chi connectivity index (χ3v) is 4.31. The molecule has 2 nitrogen and oxygen atoms in total. The van der Waals surface area contributed by atoms with E-state index in [0.29, 0.717) is 0 Å². The first-order chi connectivity index (χ1) is 8.36. The van der Waals surface area contributed by atoms with Crippen molar-refractivity contribution in [3.05, 3.63) is 52.0 Å². The smallest absolute Gasteiger partial charge is 0.171 e. The van der Waals surface area contributed by atoms with Gasteiger partial charge in [-0.3, -0.25) is 9.78 Å². The maximum Gasteiger partial charge on any atom is 0.171 e. The highest BCUT2D eigenvalue weighted by atomic mass is 32.1. The lowest BCUT2D eigenvalue weighted by molar-refractivity contribution is 0.0951. The van der Waals surface area contributed by atoms with Gasteiger partial charge in [0.2, 0.25) is 0 Å². The number of aryl methyl sites for hydroxylation is 1. The Morgan fingerprint density at radius 1 is 1.41 bits per heavy atom. The van der Waals surface area contributed by atoms with E-state index in [1.54, 1.807) is 23.7 Å². The molecule has 1 atom stereocenters. The molecule has 0 aromatic carbocycles. The molecule has 1 unspecified atom stereocenters. The summed E-state index contributed by atoms with van der Waals surface area (Å²) < 4.78 is 0. The second-order valence-electron chi connectivity index (χ2n) is 4.35. The Labute approximate surface area is 104 Å². The minimum Gasteiger partial charge on any atom is -0.293 e. The average molecular weight is 243 g/mol. The Morgan fingerprint density at radius 3 is 3.18 bits per heavy atom. The van der Waals surface area contributed by atoms with Crippen LogP contribution in [0.3, 0.4) is 0 Å². The molecule has 1 aliphatic rings. The second-order valence-corrected chi connectivity index (χ2v) is 5.35. The number of hydrogen-bond donors (Lipinski definition) is 0. The van der Waals surface area contributed by atoms with Crippen molar-refractivity contribution in [1.29, 1.82) is 0 Å². The summed E-state index contributed by atoms with van der Waals surface area (Å²) in [6, 6.07) is 5.79. The molecule has 0 fully saturated rings. The fraction of sp³-hybridized carbons (Fsp3) is 0.286. The van der Waals surface area contributed by atoms with Crippen LogP contribution < -0.4 is 0 Å². The van der Waals surface area contributed by atoms with E-state index in [1.165, 1.54) is 10.4 Å². The molecule has 3 rings (SSSR count). The first kappa shape index (κ1) is 10.7. The van der Waals surface area contributed by atoms with Crippen molar-refractivity contribution in [1.82, 2.24) is 4.98 Å². The van der Waals surface area contributed by atoms with Gasteiger partial charge in [0.1, 0.15) is 0 Å². The summed E-state index contributed by atoms with van der Waals surface area (Å²) in [5.74, 6) is 0.270. The van der Waals surface area contributed by atoms with Gasteiger partial charge in [-0.05, 0) is 48.4 Å². The van der Waals surface area contributed by atoms with Crippen LogP contribution in [0.2, 0.25) is 0 Å². The molecule has 2 aromatic heterocycles. The molecule has 0 amide bonds. The third-order valence-electron chi connectivity index (χ3n) is 3.31. The number of nitrogens with zero attached hydrogens (tertiary/aromatic N) is 1. The lowest BCUT2D eigenvalue weighted by atomic mass is 9.83. The van der Waals surface area contributed by atoms with Crippen LogP contribution in [0.5, 0.6) is 0 Å². The van der Waals surface area contributed by atoms with E-state index in [2.05, 4.69) is 16.4 Å². The van der Waals surface area contributed by atoms with E-state index in [0.717, 1.165) is 24.8 Å². The van der Waals surface area contributed by atoms with Gasteiger partial charge in [-0.25, -0.2) is 0 Å². The van der Waals surface area contributed by atoms with Gasteiger partial charge in [-0.15, -0.1) is 11.3 Å². The van der Waals surface area contributed by atoms with Crippen molar-refractivity contribution in [3.63, 3.8) is 0 Å². The van der Waals surface area contributed by atoms with Crippen LogP contribution in [0.4, 0.5) is 0 Å². The van der Waals surface area contributed by atoms with E-state index in [-0.39, 0.29) is 11.7 Å². The molecule has 0 aliphatic heterocycles. The topological polar surface area (TPSA) is 30.0 Å². The maximum atomic E-state index is 12.4. The highest BCUT2D eigenvalue weighted by Crippen LogP contribution is 2.36. The molecule has 1 aliphatic carbocycles. The maximum absolute atomic E-state index is 12.4. The molecule has 0 N–H and O–H groups in total. The predicted octanol–water partition coefficient (Wildman–Crippen LogP) is 3.45. The van der Waals surface area contributed by atoms with Crippen molar-refractivity contribution in [2.45, 2.75) is 25.2 Å². The molecule has 0 spiro atoms. The Morgan fingerprint density at radius 2 is 2.35 bits per heavy atom. The first-order valence-electron chi connectivity index (χ1n) is 5.87. The molecule has 0 saturated carbocycles. The van der Waals surface area contributed by atoms with Crippen LogP contribution in [0, 0.1) is 0 Å². The van der Waals surface area contributed by atoms with Gasteiger partial charge < -0.3 is 0 Å². The Hall–Kier alpha value is -1.48. The molecule has 2 aromatic rings. The molecular formula is C14H13NOS. The van der Waals surface area contributed by atoms with Crippen molar-refractivity contribution in [2.24, 2.45) is 0 Å². The number of hydrogen-bond acceptors (Lipinski definition) is 3.